The zero-order valence-corrected chi connectivity index (χ0v) is 10.2. The summed E-state index contributed by atoms with van der Waals surface area (Å²) in [4.78, 5) is 7.73. The van der Waals surface area contributed by atoms with Crippen LogP contribution in [0.3, 0.4) is 0 Å². The maximum absolute atomic E-state index is 9.39. The fraction of sp³-hybridized carbons (Fsp3) is 0. The molecule has 92 valence electrons. The van der Waals surface area contributed by atoms with Gasteiger partial charge in [-0.3, -0.25) is 0 Å². The van der Waals surface area contributed by atoms with E-state index in [0.29, 0.717) is 10.7 Å². The van der Waals surface area contributed by atoms with E-state index in [2.05, 4.69) is 15.3 Å². The number of nitrogens with one attached hydrogen (secondary N) is 1. The Labute approximate surface area is 113 Å². The smallest absolute Gasteiger partial charge is 0.183 e. The first-order valence-electron chi connectivity index (χ1n) is 5.07. The number of aromatic nitrogens is 2. The number of rotatable bonds is 2. The summed E-state index contributed by atoms with van der Waals surface area (Å²) in [5.41, 5.74) is 0.457. The van der Waals surface area contributed by atoms with Gasteiger partial charge in [0.05, 0.1) is 16.9 Å². The molecular formula is C12H6ClN5O. The molecule has 0 aliphatic carbocycles. The van der Waals surface area contributed by atoms with Gasteiger partial charge in [0.15, 0.2) is 17.2 Å². The maximum atomic E-state index is 9.39. The number of aromatic hydroxyl groups is 1. The van der Waals surface area contributed by atoms with Crippen molar-refractivity contribution >= 4 is 23.1 Å². The molecule has 0 aliphatic heterocycles. The predicted octanol–water partition coefficient (Wildman–Crippen LogP) is 2.32. The molecule has 1 heterocycles. The van der Waals surface area contributed by atoms with Crippen molar-refractivity contribution < 1.29 is 5.11 Å². The van der Waals surface area contributed by atoms with Crippen molar-refractivity contribution in [2.45, 2.75) is 0 Å². The predicted molar refractivity (Wildman–Crippen MR) is 67.9 cm³/mol. The van der Waals surface area contributed by atoms with Crippen LogP contribution in [0.2, 0.25) is 5.02 Å². The molecular weight excluding hydrogens is 266 g/mol. The third-order valence-electron chi connectivity index (χ3n) is 2.20. The van der Waals surface area contributed by atoms with Gasteiger partial charge in [0.1, 0.15) is 17.9 Å². The second-order valence-corrected chi connectivity index (χ2v) is 3.87. The molecule has 0 atom stereocenters. The lowest BCUT2D eigenvalue weighted by Gasteiger charge is -2.08. The van der Waals surface area contributed by atoms with Gasteiger partial charge in [0, 0.05) is 6.07 Å². The monoisotopic (exact) mass is 271 g/mol. The van der Waals surface area contributed by atoms with Crippen LogP contribution in [-0.2, 0) is 0 Å². The van der Waals surface area contributed by atoms with Crippen molar-refractivity contribution in [1.29, 1.82) is 10.5 Å². The number of benzene rings is 1. The molecule has 19 heavy (non-hydrogen) atoms. The van der Waals surface area contributed by atoms with Crippen LogP contribution >= 0.6 is 11.6 Å². The van der Waals surface area contributed by atoms with Crippen LogP contribution in [0.25, 0.3) is 0 Å². The van der Waals surface area contributed by atoms with Crippen molar-refractivity contribution in [2.75, 3.05) is 5.32 Å². The Hall–Kier alpha value is -2.83. The second-order valence-electron chi connectivity index (χ2n) is 3.47. The number of phenolic OH excluding ortho intramolecular Hbond substituents is 1. The zero-order valence-electron chi connectivity index (χ0n) is 9.42. The van der Waals surface area contributed by atoms with Crippen molar-refractivity contribution in [3.05, 3.63) is 40.8 Å². The molecule has 0 spiro atoms. The molecule has 2 N–H and O–H groups in total. The van der Waals surface area contributed by atoms with E-state index in [0.717, 1.165) is 0 Å². The fourth-order valence-corrected chi connectivity index (χ4v) is 1.51. The Kier molecular flexibility index (Phi) is 3.46. The Morgan fingerprint density at radius 2 is 2.05 bits per heavy atom. The maximum Gasteiger partial charge on any atom is 0.183 e. The summed E-state index contributed by atoms with van der Waals surface area (Å²) in [7, 11) is 0. The highest BCUT2D eigenvalue weighted by Crippen LogP contribution is 2.29. The van der Waals surface area contributed by atoms with Gasteiger partial charge in [0.2, 0.25) is 0 Å². The molecule has 0 bridgehead atoms. The molecule has 7 heteroatoms. The quantitative estimate of drug-likeness (QED) is 0.868. The highest BCUT2D eigenvalue weighted by molar-refractivity contribution is 6.33. The second kappa shape index (κ2) is 5.21. The Bertz CT molecular complexity index is 717. The Morgan fingerprint density at radius 1 is 1.26 bits per heavy atom. The number of hydrogen-bond acceptors (Lipinski definition) is 6. The number of nitrogens with zero attached hydrogens (tertiary/aromatic N) is 4. The minimum atomic E-state index is 0.00908. The highest BCUT2D eigenvalue weighted by atomic mass is 35.5. The van der Waals surface area contributed by atoms with E-state index in [-0.39, 0.29) is 23.0 Å². The van der Waals surface area contributed by atoms with Crippen LogP contribution in [0.4, 0.5) is 11.5 Å². The van der Waals surface area contributed by atoms with E-state index in [4.69, 9.17) is 22.1 Å². The third-order valence-corrected chi connectivity index (χ3v) is 2.53. The van der Waals surface area contributed by atoms with Crippen LogP contribution in [0.1, 0.15) is 11.4 Å². The van der Waals surface area contributed by atoms with E-state index in [1.165, 1.54) is 24.4 Å². The topological polar surface area (TPSA) is 106 Å². The average Bonchev–Trinajstić information content (AvgIpc) is 2.42. The highest BCUT2D eigenvalue weighted by Gasteiger charge is 2.10. The van der Waals surface area contributed by atoms with Gasteiger partial charge in [0.25, 0.3) is 0 Å². The number of anilines is 2. The zero-order chi connectivity index (χ0) is 13.8. The summed E-state index contributed by atoms with van der Waals surface area (Å²) >= 11 is 5.95. The lowest BCUT2D eigenvalue weighted by Crippen LogP contribution is -2.01. The van der Waals surface area contributed by atoms with Gasteiger partial charge >= 0.3 is 0 Å². The normalized spacial score (nSPS) is 9.42. The summed E-state index contributed by atoms with van der Waals surface area (Å²) in [6, 6.07) is 7.97. The van der Waals surface area contributed by atoms with Gasteiger partial charge in [-0.05, 0) is 12.1 Å². The van der Waals surface area contributed by atoms with E-state index < -0.39 is 0 Å². The van der Waals surface area contributed by atoms with Crippen LogP contribution in [0, 0.1) is 22.7 Å². The molecule has 1 aromatic carbocycles. The largest absolute Gasteiger partial charge is 0.508 e. The molecule has 0 aliphatic rings. The van der Waals surface area contributed by atoms with Gasteiger partial charge < -0.3 is 10.4 Å². The third kappa shape index (κ3) is 2.71. The van der Waals surface area contributed by atoms with E-state index in [9.17, 15) is 5.11 Å². The minimum absolute atomic E-state index is 0.00908. The number of hydrogen-bond donors (Lipinski definition) is 2. The van der Waals surface area contributed by atoms with Crippen molar-refractivity contribution in [3.8, 4) is 17.9 Å². The molecule has 2 aromatic rings. The molecule has 1 aromatic heterocycles. The fourth-order valence-electron chi connectivity index (χ4n) is 1.35. The first-order valence-corrected chi connectivity index (χ1v) is 5.44. The van der Waals surface area contributed by atoms with Crippen molar-refractivity contribution in [3.63, 3.8) is 0 Å². The van der Waals surface area contributed by atoms with Crippen molar-refractivity contribution in [2.24, 2.45) is 0 Å². The lowest BCUT2D eigenvalue weighted by atomic mass is 10.3. The molecule has 6 nitrogen and oxygen atoms in total. The summed E-state index contributed by atoms with van der Waals surface area (Å²) in [5, 5.41) is 30.2. The minimum Gasteiger partial charge on any atom is -0.508 e. The van der Waals surface area contributed by atoms with Gasteiger partial charge in [-0.1, -0.05) is 11.6 Å². The summed E-state index contributed by atoms with van der Waals surface area (Å²) in [6.07, 6.45) is 1.20. The van der Waals surface area contributed by atoms with Gasteiger partial charge in [-0.25, -0.2) is 9.97 Å². The van der Waals surface area contributed by atoms with E-state index in [1.807, 2.05) is 12.1 Å². The molecule has 0 radical (unpaired) electrons. The Morgan fingerprint density at radius 3 is 2.74 bits per heavy atom. The molecule has 0 unspecified atom stereocenters. The Balaban J connectivity index is 2.46. The molecule has 0 saturated heterocycles. The first kappa shape index (κ1) is 12.6. The SMILES string of the molecule is N#Cc1cnc(C#N)c(Nc2cc(O)ccc2Cl)n1. The summed E-state index contributed by atoms with van der Waals surface area (Å²) in [6.45, 7) is 0. The first-order chi connectivity index (χ1) is 9.13. The van der Waals surface area contributed by atoms with Crippen LogP contribution < -0.4 is 5.32 Å². The summed E-state index contributed by atoms with van der Waals surface area (Å²) < 4.78 is 0. The molecule has 0 fully saturated rings. The average molecular weight is 272 g/mol. The number of nitriles is 2. The van der Waals surface area contributed by atoms with Gasteiger partial charge in [-0.15, -0.1) is 0 Å². The van der Waals surface area contributed by atoms with Crippen molar-refractivity contribution in [1.82, 2.24) is 9.97 Å². The van der Waals surface area contributed by atoms with Gasteiger partial charge in [-0.2, -0.15) is 10.5 Å². The molecule has 0 amide bonds. The van der Waals surface area contributed by atoms with Crippen LogP contribution in [-0.4, -0.2) is 15.1 Å². The lowest BCUT2D eigenvalue weighted by molar-refractivity contribution is 0.475. The van der Waals surface area contributed by atoms with E-state index in [1.54, 1.807) is 0 Å². The molecule has 0 saturated carbocycles. The van der Waals surface area contributed by atoms with Crippen LogP contribution in [0.15, 0.2) is 24.4 Å². The number of phenols is 1. The summed E-state index contributed by atoms with van der Waals surface area (Å²) in [5.74, 6) is 0.115. The van der Waals surface area contributed by atoms with Crippen LogP contribution in [0.5, 0.6) is 5.75 Å². The standard InChI is InChI=1S/C12H6ClN5O/c13-9-2-1-8(19)3-10(9)18-12-11(5-15)16-6-7(4-14)17-12/h1-3,6,19H,(H,17,18). The number of halogens is 1. The van der Waals surface area contributed by atoms with E-state index >= 15 is 0 Å². The molecule has 2 rings (SSSR count).